The predicted molar refractivity (Wildman–Crippen MR) is 71.0 cm³/mol. The minimum atomic E-state index is -0.456. The Balaban J connectivity index is 2.36. The zero-order chi connectivity index (χ0) is 12.3. The van der Waals surface area contributed by atoms with Gasteiger partial charge in [-0.25, -0.2) is 4.39 Å². The fraction of sp³-hybridized carbons (Fsp3) is 0. The quantitative estimate of drug-likeness (QED) is 0.622. The largest absolute Gasteiger partial charge is 0.456 e. The van der Waals surface area contributed by atoms with E-state index in [1.807, 2.05) is 18.2 Å². The van der Waals surface area contributed by atoms with Gasteiger partial charge in [-0.05, 0) is 52.9 Å². The van der Waals surface area contributed by atoms with E-state index in [4.69, 9.17) is 4.74 Å². The molecule has 0 fully saturated rings. The molecule has 0 aliphatic rings. The van der Waals surface area contributed by atoms with Gasteiger partial charge in [0.2, 0.25) is 0 Å². The fourth-order valence-corrected chi connectivity index (χ4v) is 1.85. The maximum atomic E-state index is 12.9. The molecule has 0 bridgehead atoms. The van der Waals surface area contributed by atoms with Gasteiger partial charge >= 0.3 is 0 Å². The molecule has 0 unspecified atom stereocenters. The Morgan fingerprint density at radius 1 is 1.12 bits per heavy atom. The average molecular weight is 342 g/mol. The summed E-state index contributed by atoms with van der Waals surface area (Å²) in [5.74, 6) is 0.538. The molecule has 0 radical (unpaired) electrons. The SMILES string of the molecule is O=Cc1cc(F)ccc1Oc1ccccc1I. The summed E-state index contributed by atoms with van der Waals surface area (Å²) in [6.07, 6.45) is 0.578. The third kappa shape index (κ3) is 2.82. The highest BCUT2D eigenvalue weighted by atomic mass is 127. The van der Waals surface area contributed by atoms with Gasteiger partial charge < -0.3 is 4.74 Å². The Labute approximate surface area is 112 Å². The summed E-state index contributed by atoms with van der Waals surface area (Å²) in [7, 11) is 0. The molecule has 0 spiro atoms. The number of benzene rings is 2. The van der Waals surface area contributed by atoms with E-state index in [0.29, 0.717) is 17.8 Å². The van der Waals surface area contributed by atoms with Crippen LogP contribution in [0, 0.1) is 9.39 Å². The van der Waals surface area contributed by atoms with Crippen LogP contribution in [0.25, 0.3) is 0 Å². The van der Waals surface area contributed by atoms with Crippen LogP contribution >= 0.6 is 22.6 Å². The van der Waals surface area contributed by atoms with Crippen LogP contribution in [0.4, 0.5) is 4.39 Å². The van der Waals surface area contributed by atoms with Crippen molar-refractivity contribution in [3.05, 3.63) is 57.4 Å². The summed E-state index contributed by atoms with van der Waals surface area (Å²) in [4.78, 5) is 10.8. The monoisotopic (exact) mass is 342 g/mol. The normalized spacial score (nSPS) is 10.0. The lowest BCUT2D eigenvalue weighted by atomic mass is 10.2. The van der Waals surface area contributed by atoms with E-state index >= 15 is 0 Å². The van der Waals surface area contributed by atoms with E-state index in [0.717, 1.165) is 9.64 Å². The molecule has 0 aromatic heterocycles. The molecule has 2 aromatic carbocycles. The second kappa shape index (κ2) is 5.27. The van der Waals surface area contributed by atoms with Gasteiger partial charge in [-0.2, -0.15) is 0 Å². The van der Waals surface area contributed by atoms with Crippen LogP contribution in [0.15, 0.2) is 42.5 Å². The molecular formula is C13H8FIO2. The van der Waals surface area contributed by atoms with Crippen molar-refractivity contribution in [3.8, 4) is 11.5 Å². The molecular weight excluding hydrogens is 334 g/mol. The minimum absolute atomic E-state index is 0.199. The van der Waals surface area contributed by atoms with Gasteiger partial charge in [-0.15, -0.1) is 0 Å². The van der Waals surface area contributed by atoms with Gasteiger partial charge in [0.15, 0.2) is 6.29 Å². The highest BCUT2D eigenvalue weighted by Crippen LogP contribution is 2.28. The third-order valence-electron chi connectivity index (χ3n) is 2.16. The van der Waals surface area contributed by atoms with Crippen LogP contribution in [-0.4, -0.2) is 6.29 Å². The molecule has 0 aliphatic carbocycles. The molecule has 0 atom stereocenters. The minimum Gasteiger partial charge on any atom is -0.456 e. The van der Waals surface area contributed by atoms with Crippen molar-refractivity contribution < 1.29 is 13.9 Å². The summed E-state index contributed by atoms with van der Waals surface area (Å²) < 4.78 is 19.4. The third-order valence-corrected chi connectivity index (χ3v) is 3.05. The second-order valence-electron chi connectivity index (χ2n) is 3.33. The van der Waals surface area contributed by atoms with Crippen LogP contribution in [0.1, 0.15) is 10.4 Å². The Hall–Kier alpha value is -1.43. The Kier molecular flexibility index (Phi) is 3.73. The number of ether oxygens (including phenoxy) is 1. The number of aldehydes is 1. The predicted octanol–water partition coefficient (Wildman–Crippen LogP) is 4.04. The lowest BCUT2D eigenvalue weighted by Gasteiger charge is -2.09. The van der Waals surface area contributed by atoms with Crippen LogP contribution in [-0.2, 0) is 0 Å². The number of rotatable bonds is 3. The fourth-order valence-electron chi connectivity index (χ4n) is 1.35. The Bertz CT molecular complexity index is 555. The summed E-state index contributed by atoms with van der Waals surface area (Å²) in [5, 5.41) is 0. The smallest absolute Gasteiger partial charge is 0.153 e. The van der Waals surface area contributed by atoms with Gasteiger partial charge in [-0.1, -0.05) is 12.1 Å². The molecule has 86 valence electrons. The van der Waals surface area contributed by atoms with E-state index in [9.17, 15) is 9.18 Å². The van der Waals surface area contributed by atoms with E-state index < -0.39 is 5.82 Å². The molecule has 0 heterocycles. The number of hydrogen-bond acceptors (Lipinski definition) is 2. The summed E-state index contributed by atoms with van der Waals surface area (Å²) >= 11 is 2.13. The summed E-state index contributed by atoms with van der Waals surface area (Å²) in [5.41, 5.74) is 0.199. The summed E-state index contributed by atoms with van der Waals surface area (Å²) in [6, 6.07) is 11.3. The molecule has 2 aromatic rings. The molecule has 2 nitrogen and oxygen atoms in total. The first kappa shape index (κ1) is 12.0. The maximum absolute atomic E-state index is 12.9. The first-order chi connectivity index (χ1) is 8.20. The first-order valence-electron chi connectivity index (χ1n) is 4.88. The number of halogens is 2. The topological polar surface area (TPSA) is 26.3 Å². The van der Waals surface area contributed by atoms with Gasteiger partial charge in [0.05, 0.1) is 9.13 Å². The number of hydrogen-bond donors (Lipinski definition) is 0. The van der Waals surface area contributed by atoms with Gasteiger partial charge in [0.1, 0.15) is 17.3 Å². The first-order valence-corrected chi connectivity index (χ1v) is 5.95. The van der Waals surface area contributed by atoms with Crippen molar-refractivity contribution in [1.82, 2.24) is 0 Å². The lowest BCUT2D eigenvalue weighted by molar-refractivity contribution is 0.112. The van der Waals surface area contributed by atoms with Gasteiger partial charge in [0.25, 0.3) is 0 Å². The summed E-state index contributed by atoms with van der Waals surface area (Å²) in [6.45, 7) is 0. The van der Waals surface area contributed by atoms with E-state index in [2.05, 4.69) is 22.6 Å². The zero-order valence-electron chi connectivity index (χ0n) is 8.69. The number of carbonyl (C=O) groups is 1. The van der Waals surface area contributed by atoms with Crippen molar-refractivity contribution in [3.63, 3.8) is 0 Å². The molecule has 2 rings (SSSR count). The average Bonchev–Trinajstić information content (AvgIpc) is 2.34. The molecule has 0 saturated heterocycles. The van der Waals surface area contributed by atoms with Crippen molar-refractivity contribution in [2.75, 3.05) is 0 Å². The standard InChI is InChI=1S/C13H8FIO2/c14-10-5-6-12(9(7-10)8-16)17-13-4-2-1-3-11(13)15/h1-8H. The number of carbonyl (C=O) groups excluding carboxylic acids is 1. The highest BCUT2D eigenvalue weighted by Gasteiger charge is 2.07. The van der Waals surface area contributed by atoms with Gasteiger partial charge in [0, 0.05) is 0 Å². The van der Waals surface area contributed by atoms with Crippen LogP contribution in [0.2, 0.25) is 0 Å². The van der Waals surface area contributed by atoms with Crippen LogP contribution in [0.5, 0.6) is 11.5 Å². The van der Waals surface area contributed by atoms with Crippen LogP contribution in [0.3, 0.4) is 0 Å². The lowest BCUT2D eigenvalue weighted by Crippen LogP contribution is -1.93. The molecule has 0 amide bonds. The molecule has 0 aliphatic heterocycles. The van der Waals surface area contributed by atoms with E-state index in [1.165, 1.54) is 12.1 Å². The molecule has 0 saturated carbocycles. The van der Waals surface area contributed by atoms with E-state index in [1.54, 1.807) is 6.07 Å². The van der Waals surface area contributed by atoms with Crippen molar-refractivity contribution in [2.24, 2.45) is 0 Å². The number of para-hydroxylation sites is 1. The Morgan fingerprint density at radius 2 is 1.88 bits per heavy atom. The molecule has 0 N–H and O–H groups in total. The second-order valence-corrected chi connectivity index (χ2v) is 4.49. The van der Waals surface area contributed by atoms with Crippen molar-refractivity contribution in [2.45, 2.75) is 0 Å². The van der Waals surface area contributed by atoms with Crippen molar-refractivity contribution >= 4 is 28.9 Å². The molecule has 17 heavy (non-hydrogen) atoms. The van der Waals surface area contributed by atoms with Gasteiger partial charge in [-0.3, -0.25) is 4.79 Å². The Morgan fingerprint density at radius 3 is 2.59 bits per heavy atom. The van der Waals surface area contributed by atoms with Crippen LogP contribution < -0.4 is 4.74 Å². The van der Waals surface area contributed by atoms with Crippen molar-refractivity contribution in [1.29, 1.82) is 0 Å². The maximum Gasteiger partial charge on any atom is 0.153 e. The zero-order valence-corrected chi connectivity index (χ0v) is 10.8. The molecule has 4 heteroatoms. The van der Waals surface area contributed by atoms with E-state index in [-0.39, 0.29) is 5.56 Å². The highest BCUT2D eigenvalue weighted by molar-refractivity contribution is 14.1.